The summed E-state index contributed by atoms with van der Waals surface area (Å²) in [5.74, 6) is 1.16. The first kappa shape index (κ1) is 13.6. The van der Waals surface area contributed by atoms with E-state index in [1.165, 1.54) is 7.11 Å². The average molecular weight is 247 g/mol. The molecule has 0 aromatic heterocycles. The van der Waals surface area contributed by atoms with Crippen molar-refractivity contribution < 1.29 is 13.7 Å². The molecule has 1 saturated carbocycles. The van der Waals surface area contributed by atoms with Crippen molar-refractivity contribution in [1.82, 2.24) is 4.90 Å². The maximum Gasteiger partial charge on any atom is 0.306 e. The Hall–Kier alpha value is -0.420. The summed E-state index contributed by atoms with van der Waals surface area (Å²) in [5.41, 5.74) is -0.00966. The lowest BCUT2D eigenvalue weighted by Gasteiger charge is -2.14. The van der Waals surface area contributed by atoms with Crippen LogP contribution in [0.15, 0.2) is 0 Å². The summed E-state index contributed by atoms with van der Waals surface area (Å²) in [5, 5.41) is 0. The fourth-order valence-corrected chi connectivity index (χ4v) is 3.41. The Bertz CT molecular complexity index is 274. The zero-order valence-corrected chi connectivity index (χ0v) is 11.1. The molecule has 0 N–H and O–H groups in total. The summed E-state index contributed by atoms with van der Waals surface area (Å²) in [6, 6.07) is 0. The van der Waals surface area contributed by atoms with Gasteiger partial charge in [-0.25, -0.2) is 0 Å². The molecule has 1 fully saturated rings. The molecule has 94 valence electrons. The first-order valence-electron chi connectivity index (χ1n) is 5.54. The van der Waals surface area contributed by atoms with Crippen molar-refractivity contribution in [1.29, 1.82) is 0 Å². The van der Waals surface area contributed by atoms with Gasteiger partial charge in [0, 0.05) is 28.9 Å². The molecule has 0 aromatic carbocycles. The molecule has 0 bridgehead atoms. The van der Waals surface area contributed by atoms with Gasteiger partial charge < -0.3 is 9.64 Å². The predicted octanol–water partition coefficient (Wildman–Crippen LogP) is 0.640. The van der Waals surface area contributed by atoms with Gasteiger partial charge in [0.15, 0.2) is 0 Å². The number of methoxy groups -OCH3 is 1. The third-order valence-electron chi connectivity index (χ3n) is 2.94. The van der Waals surface area contributed by atoms with Crippen LogP contribution in [0.25, 0.3) is 0 Å². The number of carbonyl (C=O) groups is 1. The lowest BCUT2D eigenvalue weighted by molar-refractivity contribution is -0.141. The fraction of sp³-hybridized carbons (Fsp3) is 0.909. The van der Waals surface area contributed by atoms with E-state index in [0.717, 1.165) is 19.4 Å². The van der Waals surface area contributed by atoms with Crippen LogP contribution < -0.4 is 0 Å². The quantitative estimate of drug-likeness (QED) is 0.619. The van der Waals surface area contributed by atoms with Crippen LogP contribution in [0.3, 0.4) is 0 Å². The Morgan fingerprint density at radius 3 is 2.50 bits per heavy atom. The molecule has 0 radical (unpaired) electrons. The molecule has 1 rings (SSSR count). The van der Waals surface area contributed by atoms with E-state index in [2.05, 4.69) is 4.74 Å². The molecular formula is C11H21NO3S. The lowest BCUT2D eigenvalue weighted by Crippen LogP contribution is -2.24. The van der Waals surface area contributed by atoms with Crippen molar-refractivity contribution in [3.8, 4) is 0 Å². The number of hydrogen-bond acceptors (Lipinski definition) is 4. The summed E-state index contributed by atoms with van der Waals surface area (Å²) in [4.78, 5) is 13.2. The van der Waals surface area contributed by atoms with Crippen molar-refractivity contribution in [2.75, 3.05) is 39.3 Å². The van der Waals surface area contributed by atoms with Crippen LogP contribution >= 0.6 is 0 Å². The van der Waals surface area contributed by atoms with E-state index in [-0.39, 0.29) is 11.4 Å². The monoisotopic (exact) mass is 247 g/mol. The van der Waals surface area contributed by atoms with Gasteiger partial charge in [-0.15, -0.1) is 0 Å². The van der Waals surface area contributed by atoms with E-state index >= 15 is 0 Å². The van der Waals surface area contributed by atoms with Crippen LogP contribution in [0.4, 0.5) is 0 Å². The Labute approximate surface area is 99.8 Å². The molecule has 1 unspecified atom stereocenters. The molecule has 0 heterocycles. The molecule has 0 aliphatic heterocycles. The predicted molar refractivity (Wildman–Crippen MR) is 64.7 cm³/mol. The van der Waals surface area contributed by atoms with Gasteiger partial charge in [-0.2, -0.15) is 0 Å². The smallest absolute Gasteiger partial charge is 0.306 e. The van der Waals surface area contributed by atoms with Crippen molar-refractivity contribution in [3.63, 3.8) is 0 Å². The Morgan fingerprint density at radius 2 is 2.06 bits per heavy atom. The molecule has 0 saturated heterocycles. The zero-order chi connectivity index (χ0) is 12.2. The van der Waals surface area contributed by atoms with Gasteiger partial charge >= 0.3 is 5.97 Å². The topological polar surface area (TPSA) is 46.6 Å². The molecule has 0 amide bonds. The molecular weight excluding hydrogens is 226 g/mol. The van der Waals surface area contributed by atoms with Crippen molar-refractivity contribution in [2.24, 2.45) is 5.41 Å². The molecule has 1 aliphatic rings. The normalized spacial score (nSPS) is 19.5. The van der Waals surface area contributed by atoms with Gasteiger partial charge in [0.2, 0.25) is 0 Å². The molecule has 0 spiro atoms. The summed E-state index contributed by atoms with van der Waals surface area (Å²) >= 11 is 0. The molecule has 5 heteroatoms. The van der Waals surface area contributed by atoms with Gasteiger partial charge in [-0.3, -0.25) is 9.00 Å². The Morgan fingerprint density at radius 1 is 1.44 bits per heavy atom. The minimum Gasteiger partial charge on any atom is -0.469 e. The Balaban J connectivity index is 2.30. The van der Waals surface area contributed by atoms with E-state index < -0.39 is 10.8 Å². The molecule has 1 atom stereocenters. The van der Waals surface area contributed by atoms with Crippen LogP contribution in [-0.4, -0.2) is 54.3 Å². The van der Waals surface area contributed by atoms with E-state index in [9.17, 15) is 9.00 Å². The second kappa shape index (κ2) is 5.77. The van der Waals surface area contributed by atoms with E-state index in [4.69, 9.17) is 0 Å². The van der Waals surface area contributed by atoms with E-state index in [0.29, 0.717) is 17.9 Å². The highest BCUT2D eigenvalue weighted by molar-refractivity contribution is 7.85. The van der Waals surface area contributed by atoms with Crippen molar-refractivity contribution in [3.05, 3.63) is 0 Å². The van der Waals surface area contributed by atoms with Crippen LogP contribution in [0.2, 0.25) is 0 Å². The van der Waals surface area contributed by atoms with E-state index in [1.54, 1.807) is 0 Å². The number of nitrogens with zero attached hydrogens (tertiary/aromatic N) is 1. The third-order valence-corrected chi connectivity index (χ3v) is 4.51. The maximum atomic E-state index is 11.8. The minimum absolute atomic E-state index is 0.00966. The SMILES string of the molecule is COC(=O)CC1(CS(=O)CCN(C)C)CC1. The molecule has 0 aromatic rings. The number of hydrogen-bond donors (Lipinski definition) is 0. The lowest BCUT2D eigenvalue weighted by atomic mass is 10.1. The molecule has 16 heavy (non-hydrogen) atoms. The maximum absolute atomic E-state index is 11.8. The molecule has 1 aliphatic carbocycles. The highest BCUT2D eigenvalue weighted by Crippen LogP contribution is 2.49. The van der Waals surface area contributed by atoms with E-state index in [1.807, 2.05) is 19.0 Å². The average Bonchev–Trinajstić information content (AvgIpc) is 2.94. The van der Waals surface area contributed by atoms with Crippen molar-refractivity contribution in [2.45, 2.75) is 19.3 Å². The van der Waals surface area contributed by atoms with Gasteiger partial charge in [-0.1, -0.05) is 0 Å². The number of rotatable bonds is 7. The second-order valence-electron chi connectivity index (χ2n) is 4.84. The second-order valence-corrected chi connectivity index (χ2v) is 6.42. The largest absolute Gasteiger partial charge is 0.469 e. The minimum atomic E-state index is -0.815. The van der Waals surface area contributed by atoms with Crippen LogP contribution in [0.1, 0.15) is 19.3 Å². The van der Waals surface area contributed by atoms with Gasteiger partial charge in [-0.05, 0) is 32.4 Å². The summed E-state index contributed by atoms with van der Waals surface area (Å²) < 4.78 is 16.5. The van der Waals surface area contributed by atoms with Crippen LogP contribution in [0, 0.1) is 5.41 Å². The third kappa shape index (κ3) is 4.61. The number of ether oxygens (including phenoxy) is 1. The highest BCUT2D eigenvalue weighted by atomic mass is 32.2. The zero-order valence-electron chi connectivity index (χ0n) is 10.3. The first-order chi connectivity index (χ1) is 7.47. The van der Waals surface area contributed by atoms with Crippen LogP contribution in [-0.2, 0) is 20.3 Å². The Kier molecular flexibility index (Phi) is 4.92. The number of esters is 1. The first-order valence-corrected chi connectivity index (χ1v) is 7.03. The summed E-state index contributed by atoms with van der Waals surface area (Å²) in [7, 11) is 4.53. The van der Waals surface area contributed by atoms with Gasteiger partial charge in [0.25, 0.3) is 0 Å². The highest BCUT2D eigenvalue weighted by Gasteiger charge is 2.45. The van der Waals surface area contributed by atoms with Crippen LogP contribution in [0.5, 0.6) is 0 Å². The van der Waals surface area contributed by atoms with Crippen molar-refractivity contribution >= 4 is 16.8 Å². The summed E-state index contributed by atoms with van der Waals surface area (Å²) in [6.45, 7) is 0.834. The fourth-order valence-electron chi connectivity index (χ4n) is 1.63. The summed E-state index contributed by atoms with van der Waals surface area (Å²) in [6.07, 6.45) is 2.45. The standard InChI is InChI=1S/C11H21NO3S/c1-12(2)6-7-16(14)9-11(4-5-11)8-10(13)15-3/h4-9H2,1-3H3. The van der Waals surface area contributed by atoms with Gasteiger partial charge in [0.1, 0.15) is 0 Å². The van der Waals surface area contributed by atoms with Gasteiger partial charge in [0.05, 0.1) is 13.5 Å². The molecule has 4 nitrogen and oxygen atoms in total. The number of carbonyl (C=O) groups excluding carboxylic acids is 1.